The van der Waals surface area contributed by atoms with Crippen LogP contribution >= 0.6 is 0 Å². The summed E-state index contributed by atoms with van der Waals surface area (Å²) in [5.41, 5.74) is 5.35. The molecule has 0 amide bonds. The maximum absolute atomic E-state index is 8.12. The van der Waals surface area contributed by atoms with Gasteiger partial charge >= 0.3 is 6.15 Å². The van der Waals surface area contributed by atoms with Gasteiger partial charge in [-0.05, 0) is 36.1 Å². The summed E-state index contributed by atoms with van der Waals surface area (Å²) < 4.78 is 0. The zero-order valence-corrected chi connectivity index (χ0v) is 9.94. The highest BCUT2D eigenvalue weighted by Crippen LogP contribution is 2.25. The second-order valence-electron chi connectivity index (χ2n) is 3.71. The molecule has 0 unspecified atom stereocenters. The van der Waals surface area contributed by atoms with Gasteiger partial charge < -0.3 is 0 Å². The van der Waals surface area contributed by atoms with E-state index in [1.807, 2.05) is 0 Å². The third-order valence-corrected chi connectivity index (χ3v) is 2.58. The van der Waals surface area contributed by atoms with Crippen LogP contribution in [-0.2, 0) is 9.59 Å². The molecular formula is C15H14O2. The summed E-state index contributed by atoms with van der Waals surface area (Å²) in [6, 6.07) is 17.0. The molecule has 0 aromatic heterocycles. The Morgan fingerprint density at radius 2 is 1.00 bits per heavy atom. The van der Waals surface area contributed by atoms with Crippen molar-refractivity contribution in [2.24, 2.45) is 0 Å². The third-order valence-electron chi connectivity index (χ3n) is 2.58. The van der Waals surface area contributed by atoms with Crippen molar-refractivity contribution in [2.45, 2.75) is 13.8 Å². The lowest BCUT2D eigenvalue weighted by Crippen LogP contribution is -1.85. The van der Waals surface area contributed by atoms with E-state index in [-0.39, 0.29) is 6.15 Å². The summed E-state index contributed by atoms with van der Waals surface area (Å²) in [5, 5.41) is 0. The van der Waals surface area contributed by atoms with Crippen molar-refractivity contribution in [1.29, 1.82) is 0 Å². The Morgan fingerprint density at radius 3 is 1.29 bits per heavy atom. The van der Waals surface area contributed by atoms with Crippen LogP contribution in [0.15, 0.2) is 48.5 Å². The maximum atomic E-state index is 8.12. The maximum Gasteiger partial charge on any atom is 0.373 e. The van der Waals surface area contributed by atoms with Gasteiger partial charge in [0, 0.05) is 0 Å². The predicted molar refractivity (Wildman–Crippen MR) is 66.4 cm³/mol. The zero-order valence-electron chi connectivity index (χ0n) is 9.94. The molecule has 0 saturated heterocycles. The van der Waals surface area contributed by atoms with Gasteiger partial charge in [0.25, 0.3) is 0 Å². The van der Waals surface area contributed by atoms with Crippen LogP contribution in [-0.4, -0.2) is 6.15 Å². The van der Waals surface area contributed by atoms with Crippen molar-refractivity contribution in [3.8, 4) is 11.1 Å². The van der Waals surface area contributed by atoms with Gasteiger partial charge in [-0.2, -0.15) is 9.59 Å². The molecule has 0 N–H and O–H groups in total. The number of aryl methyl sites for hydroxylation is 2. The Bertz CT molecular complexity index is 480. The minimum atomic E-state index is 0.250. The highest BCUT2D eigenvalue weighted by molar-refractivity contribution is 5.70. The molecule has 2 rings (SSSR count). The quantitative estimate of drug-likeness (QED) is 0.747. The van der Waals surface area contributed by atoms with Crippen molar-refractivity contribution in [3.63, 3.8) is 0 Å². The van der Waals surface area contributed by atoms with Gasteiger partial charge in [-0.1, -0.05) is 48.5 Å². The molecule has 0 aliphatic heterocycles. The molecule has 0 fully saturated rings. The average molecular weight is 226 g/mol. The Morgan fingerprint density at radius 1 is 0.706 bits per heavy atom. The molecule has 0 spiro atoms. The van der Waals surface area contributed by atoms with Crippen LogP contribution in [0.5, 0.6) is 0 Å². The molecule has 0 aliphatic rings. The first kappa shape index (κ1) is 12.9. The van der Waals surface area contributed by atoms with Gasteiger partial charge in [0.05, 0.1) is 0 Å². The van der Waals surface area contributed by atoms with E-state index in [1.54, 1.807) is 0 Å². The van der Waals surface area contributed by atoms with E-state index in [0.717, 1.165) is 0 Å². The molecule has 0 bridgehead atoms. The topological polar surface area (TPSA) is 34.1 Å². The zero-order chi connectivity index (χ0) is 12.7. The van der Waals surface area contributed by atoms with Gasteiger partial charge in [0.15, 0.2) is 0 Å². The predicted octanol–water partition coefficient (Wildman–Crippen LogP) is 3.39. The van der Waals surface area contributed by atoms with E-state index < -0.39 is 0 Å². The molecule has 0 saturated carbocycles. The lowest BCUT2D eigenvalue weighted by molar-refractivity contribution is -0.191. The molecule has 2 heteroatoms. The number of rotatable bonds is 1. The van der Waals surface area contributed by atoms with Crippen molar-refractivity contribution < 1.29 is 9.59 Å². The molecule has 2 nitrogen and oxygen atoms in total. The lowest BCUT2D eigenvalue weighted by Gasteiger charge is -2.08. The summed E-state index contributed by atoms with van der Waals surface area (Å²) in [7, 11) is 0. The first-order chi connectivity index (χ1) is 8.20. The van der Waals surface area contributed by atoms with Gasteiger partial charge in [-0.15, -0.1) is 0 Å². The van der Waals surface area contributed by atoms with Crippen LogP contribution in [0.25, 0.3) is 11.1 Å². The molecule has 0 atom stereocenters. The summed E-state index contributed by atoms with van der Waals surface area (Å²) >= 11 is 0. The highest BCUT2D eigenvalue weighted by atomic mass is 16.2. The van der Waals surface area contributed by atoms with Crippen molar-refractivity contribution >= 4 is 6.15 Å². The highest BCUT2D eigenvalue weighted by Gasteiger charge is 2.02. The van der Waals surface area contributed by atoms with E-state index in [1.165, 1.54) is 22.3 Å². The second-order valence-corrected chi connectivity index (χ2v) is 3.71. The fourth-order valence-electron chi connectivity index (χ4n) is 1.75. The molecule has 2 aromatic rings. The standard InChI is InChI=1S/C14H14.CO2/c1-11-7-3-5-9-13(11)14-10-6-4-8-12(14)2;2-1-3/h3-10H,1-2H3;. The lowest BCUT2D eigenvalue weighted by atomic mass is 9.97. The van der Waals surface area contributed by atoms with Crippen LogP contribution in [0.4, 0.5) is 0 Å². The van der Waals surface area contributed by atoms with Crippen molar-refractivity contribution in [3.05, 3.63) is 59.7 Å². The molecular weight excluding hydrogens is 212 g/mol. The molecule has 86 valence electrons. The first-order valence-electron chi connectivity index (χ1n) is 5.31. The number of hydrogen-bond donors (Lipinski definition) is 0. The molecule has 0 heterocycles. The van der Waals surface area contributed by atoms with Crippen LogP contribution in [0.2, 0.25) is 0 Å². The van der Waals surface area contributed by atoms with Crippen LogP contribution in [0.1, 0.15) is 11.1 Å². The normalized spacial score (nSPS) is 8.82. The summed E-state index contributed by atoms with van der Waals surface area (Å²) in [6.45, 7) is 4.31. The number of benzene rings is 2. The van der Waals surface area contributed by atoms with Gasteiger partial charge in [-0.3, -0.25) is 0 Å². The van der Waals surface area contributed by atoms with Gasteiger partial charge in [0.2, 0.25) is 0 Å². The molecule has 2 aromatic carbocycles. The Labute approximate surface area is 101 Å². The van der Waals surface area contributed by atoms with E-state index in [4.69, 9.17) is 9.59 Å². The molecule has 17 heavy (non-hydrogen) atoms. The monoisotopic (exact) mass is 226 g/mol. The van der Waals surface area contributed by atoms with Gasteiger partial charge in [-0.25, -0.2) is 0 Å². The Balaban J connectivity index is 0.000000437. The van der Waals surface area contributed by atoms with Crippen molar-refractivity contribution in [1.82, 2.24) is 0 Å². The SMILES string of the molecule is Cc1ccccc1-c1ccccc1C.O=C=O. The first-order valence-corrected chi connectivity index (χ1v) is 5.31. The number of carbonyl (C=O) groups excluding carboxylic acids is 2. The van der Waals surface area contributed by atoms with E-state index in [9.17, 15) is 0 Å². The minimum absolute atomic E-state index is 0.250. The summed E-state index contributed by atoms with van der Waals surface area (Å²) in [6.07, 6.45) is 0.250. The second kappa shape index (κ2) is 6.41. The Hall–Kier alpha value is -2.18. The molecule has 0 aliphatic carbocycles. The van der Waals surface area contributed by atoms with E-state index >= 15 is 0 Å². The summed E-state index contributed by atoms with van der Waals surface area (Å²) in [4.78, 5) is 16.2. The number of hydrogen-bond acceptors (Lipinski definition) is 2. The van der Waals surface area contributed by atoms with E-state index in [0.29, 0.717) is 0 Å². The Kier molecular flexibility index (Phi) is 4.86. The summed E-state index contributed by atoms with van der Waals surface area (Å²) in [5.74, 6) is 0. The van der Waals surface area contributed by atoms with E-state index in [2.05, 4.69) is 62.4 Å². The van der Waals surface area contributed by atoms with Gasteiger partial charge in [0.1, 0.15) is 0 Å². The van der Waals surface area contributed by atoms with Crippen LogP contribution in [0, 0.1) is 13.8 Å². The largest absolute Gasteiger partial charge is 0.373 e. The third kappa shape index (κ3) is 3.40. The van der Waals surface area contributed by atoms with Crippen LogP contribution < -0.4 is 0 Å². The smallest absolute Gasteiger partial charge is 0.186 e. The fourth-order valence-corrected chi connectivity index (χ4v) is 1.75. The average Bonchev–Trinajstić information content (AvgIpc) is 2.32. The minimum Gasteiger partial charge on any atom is -0.186 e. The van der Waals surface area contributed by atoms with Crippen molar-refractivity contribution in [2.75, 3.05) is 0 Å². The molecule has 0 radical (unpaired) electrons. The van der Waals surface area contributed by atoms with Crippen LogP contribution in [0.3, 0.4) is 0 Å². The fraction of sp³-hybridized carbons (Fsp3) is 0.133.